The largest absolute Gasteiger partial charge is 0.457 e. The van der Waals surface area contributed by atoms with E-state index in [0.717, 1.165) is 78.8 Å². The van der Waals surface area contributed by atoms with E-state index in [1.165, 1.54) is 6.33 Å². The van der Waals surface area contributed by atoms with Gasteiger partial charge < -0.3 is 20.2 Å². The fourth-order valence-electron chi connectivity index (χ4n) is 4.50. The highest BCUT2D eigenvalue weighted by atomic mass is 16.5. The Bertz CT molecular complexity index is 1290. The van der Waals surface area contributed by atoms with Crippen LogP contribution in [0.5, 0.6) is 11.5 Å². The zero-order chi connectivity index (χ0) is 26.2. The van der Waals surface area contributed by atoms with Crippen LogP contribution < -0.4 is 10.5 Å². The van der Waals surface area contributed by atoms with Gasteiger partial charge in [0.25, 0.3) is 0 Å². The number of rotatable bonds is 7. The summed E-state index contributed by atoms with van der Waals surface area (Å²) in [7, 11) is 2.15. The standard InChI is InChI=1S/C23H24N6O.C6H12O/c1-28-13-5-6-17(14-28)29-23-20(22(24)25-15-26-23)21(27-29)16-9-11-19(12-10-16)30-18-7-3-2-4-8-18;1-6(2)4-3-5-7/h2-4,7-12,15,17H,5-6,13-14H2,1H3,(H2,24,25,26);5-6H,3-4H2,1-2H3. The minimum atomic E-state index is 0.273. The molecule has 8 heteroatoms. The summed E-state index contributed by atoms with van der Waals surface area (Å²) in [6, 6.07) is 17.9. The van der Waals surface area contributed by atoms with Crippen molar-refractivity contribution in [3.63, 3.8) is 0 Å². The molecule has 0 spiro atoms. The summed E-state index contributed by atoms with van der Waals surface area (Å²) in [6.07, 6.45) is 6.46. The molecule has 0 bridgehead atoms. The summed E-state index contributed by atoms with van der Waals surface area (Å²) in [5.41, 5.74) is 8.82. The van der Waals surface area contributed by atoms with Crippen molar-refractivity contribution in [2.45, 2.75) is 45.6 Å². The lowest BCUT2D eigenvalue weighted by molar-refractivity contribution is -0.108. The Labute approximate surface area is 218 Å². The third-order valence-electron chi connectivity index (χ3n) is 6.43. The maximum atomic E-state index is 9.71. The van der Waals surface area contributed by atoms with Crippen molar-refractivity contribution in [2.24, 2.45) is 5.92 Å². The third-order valence-corrected chi connectivity index (χ3v) is 6.43. The molecule has 5 rings (SSSR count). The van der Waals surface area contributed by atoms with Crippen molar-refractivity contribution in [1.29, 1.82) is 0 Å². The summed E-state index contributed by atoms with van der Waals surface area (Å²) in [6.45, 7) is 6.29. The van der Waals surface area contributed by atoms with Gasteiger partial charge in [-0.25, -0.2) is 14.6 Å². The van der Waals surface area contributed by atoms with Crippen molar-refractivity contribution < 1.29 is 9.53 Å². The highest BCUT2D eigenvalue weighted by molar-refractivity contribution is 5.98. The molecule has 194 valence electrons. The Balaban J connectivity index is 0.000000405. The van der Waals surface area contributed by atoms with Crippen molar-refractivity contribution in [3.8, 4) is 22.8 Å². The number of carbonyl (C=O) groups is 1. The van der Waals surface area contributed by atoms with Crippen molar-refractivity contribution in [1.82, 2.24) is 24.6 Å². The molecule has 1 saturated heterocycles. The number of ether oxygens (including phenoxy) is 1. The zero-order valence-corrected chi connectivity index (χ0v) is 21.9. The number of hydrogen-bond donors (Lipinski definition) is 1. The molecule has 0 radical (unpaired) electrons. The predicted octanol–water partition coefficient (Wildman–Crippen LogP) is 5.76. The second kappa shape index (κ2) is 12.5. The van der Waals surface area contributed by atoms with Gasteiger partial charge in [0, 0.05) is 18.5 Å². The van der Waals surface area contributed by atoms with Crippen LogP contribution in [0.15, 0.2) is 60.9 Å². The molecular formula is C29H36N6O2. The van der Waals surface area contributed by atoms with Crippen LogP contribution in [0.3, 0.4) is 0 Å². The quantitative estimate of drug-likeness (QED) is 0.322. The van der Waals surface area contributed by atoms with E-state index >= 15 is 0 Å². The lowest BCUT2D eigenvalue weighted by atomic mass is 10.1. The number of carbonyl (C=O) groups excluding carboxylic acids is 1. The highest BCUT2D eigenvalue weighted by Gasteiger charge is 2.25. The summed E-state index contributed by atoms with van der Waals surface area (Å²) in [5, 5.41) is 5.77. The number of likely N-dealkylation sites (N-methyl/N-ethyl adjacent to an activating group) is 1. The second-order valence-electron chi connectivity index (χ2n) is 9.89. The van der Waals surface area contributed by atoms with Gasteiger partial charge in [-0.05, 0) is 75.2 Å². The number of aldehydes is 1. The number of nitrogen functional groups attached to an aromatic ring is 1. The van der Waals surface area contributed by atoms with E-state index in [9.17, 15) is 4.79 Å². The van der Waals surface area contributed by atoms with Gasteiger partial charge in [0.2, 0.25) is 0 Å². The van der Waals surface area contributed by atoms with Gasteiger partial charge in [-0.2, -0.15) is 5.10 Å². The smallest absolute Gasteiger partial charge is 0.164 e. The average molecular weight is 501 g/mol. The molecule has 4 aromatic rings. The summed E-state index contributed by atoms with van der Waals surface area (Å²) in [5.74, 6) is 2.70. The van der Waals surface area contributed by atoms with E-state index in [2.05, 4.69) is 35.8 Å². The molecule has 37 heavy (non-hydrogen) atoms. The SMILES string of the molecule is CC(C)CCC=O.CN1CCCC(n2nc(-c3ccc(Oc4ccccc4)cc3)c3c(N)ncnc32)C1. The van der Waals surface area contributed by atoms with E-state index in [1.807, 2.05) is 59.3 Å². The molecule has 0 aliphatic carbocycles. The third kappa shape index (κ3) is 6.71. The number of aromatic nitrogens is 4. The van der Waals surface area contributed by atoms with Gasteiger partial charge in [-0.15, -0.1) is 0 Å². The van der Waals surface area contributed by atoms with Gasteiger partial charge in [-0.1, -0.05) is 32.0 Å². The van der Waals surface area contributed by atoms with E-state index in [4.69, 9.17) is 15.6 Å². The van der Waals surface area contributed by atoms with Gasteiger partial charge in [0.15, 0.2) is 5.65 Å². The van der Waals surface area contributed by atoms with Crippen LogP contribution in [0.1, 0.15) is 45.6 Å². The molecule has 1 aliphatic heterocycles. The van der Waals surface area contributed by atoms with Crippen molar-refractivity contribution in [2.75, 3.05) is 25.9 Å². The highest BCUT2D eigenvalue weighted by Crippen LogP contribution is 2.34. The normalized spacial score (nSPS) is 15.8. The molecule has 1 fully saturated rings. The topological polar surface area (TPSA) is 99.2 Å². The molecule has 2 N–H and O–H groups in total. The number of nitrogens with zero attached hydrogens (tertiary/aromatic N) is 5. The molecule has 3 heterocycles. The van der Waals surface area contributed by atoms with Crippen LogP contribution in [-0.2, 0) is 4.79 Å². The average Bonchev–Trinajstić information content (AvgIpc) is 3.30. The van der Waals surface area contributed by atoms with E-state index in [-0.39, 0.29) is 6.04 Å². The number of anilines is 1. The number of likely N-dealkylation sites (tertiary alicyclic amines) is 1. The van der Waals surface area contributed by atoms with Crippen molar-refractivity contribution in [3.05, 3.63) is 60.9 Å². The van der Waals surface area contributed by atoms with Crippen LogP contribution >= 0.6 is 0 Å². The molecule has 1 atom stereocenters. The van der Waals surface area contributed by atoms with Crippen LogP contribution in [0.2, 0.25) is 0 Å². The van der Waals surface area contributed by atoms with E-state index < -0.39 is 0 Å². The Morgan fingerprint density at radius 3 is 2.46 bits per heavy atom. The summed E-state index contributed by atoms with van der Waals surface area (Å²) in [4.78, 5) is 20.8. The maximum Gasteiger partial charge on any atom is 0.164 e. The molecule has 1 unspecified atom stereocenters. The van der Waals surface area contributed by atoms with Gasteiger partial charge in [-0.3, -0.25) is 0 Å². The summed E-state index contributed by atoms with van der Waals surface area (Å²) < 4.78 is 7.95. The van der Waals surface area contributed by atoms with Crippen LogP contribution in [-0.4, -0.2) is 51.1 Å². The Hall–Kier alpha value is -3.78. The predicted molar refractivity (Wildman–Crippen MR) is 148 cm³/mol. The second-order valence-corrected chi connectivity index (χ2v) is 9.89. The number of nitrogens with two attached hydrogens (primary N) is 1. The first kappa shape index (κ1) is 26.3. The van der Waals surface area contributed by atoms with Gasteiger partial charge in [0.05, 0.1) is 11.4 Å². The maximum absolute atomic E-state index is 9.71. The first-order chi connectivity index (χ1) is 18.0. The molecule has 0 saturated carbocycles. The molecule has 2 aromatic carbocycles. The molecule has 8 nitrogen and oxygen atoms in total. The minimum absolute atomic E-state index is 0.273. The van der Waals surface area contributed by atoms with E-state index in [0.29, 0.717) is 11.7 Å². The number of para-hydroxylation sites is 1. The minimum Gasteiger partial charge on any atom is -0.457 e. The Morgan fingerprint density at radius 1 is 1.08 bits per heavy atom. The lowest BCUT2D eigenvalue weighted by Crippen LogP contribution is -2.34. The van der Waals surface area contributed by atoms with Crippen LogP contribution in [0, 0.1) is 5.92 Å². The molecule has 1 aliphatic rings. The van der Waals surface area contributed by atoms with E-state index in [1.54, 1.807) is 0 Å². The van der Waals surface area contributed by atoms with Crippen LogP contribution in [0.25, 0.3) is 22.3 Å². The van der Waals surface area contributed by atoms with Crippen molar-refractivity contribution >= 4 is 23.1 Å². The lowest BCUT2D eigenvalue weighted by Gasteiger charge is -2.29. The number of hydrogen-bond acceptors (Lipinski definition) is 7. The first-order valence-electron chi connectivity index (χ1n) is 12.9. The zero-order valence-electron chi connectivity index (χ0n) is 21.9. The molecular weight excluding hydrogens is 464 g/mol. The first-order valence-corrected chi connectivity index (χ1v) is 12.9. The summed E-state index contributed by atoms with van der Waals surface area (Å²) >= 11 is 0. The molecule has 0 amide bonds. The monoisotopic (exact) mass is 500 g/mol. The fraction of sp³-hybridized carbons (Fsp3) is 0.379. The van der Waals surface area contributed by atoms with Crippen LogP contribution in [0.4, 0.5) is 5.82 Å². The van der Waals surface area contributed by atoms with Gasteiger partial charge >= 0.3 is 0 Å². The Morgan fingerprint density at radius 2 is 1.81 bits per heavy atom. The van der Waals surface area contributed by atoms with Gasteiger partial charge in [0.1, 0.15) is 35.6 Å². The molecule has 2 aromatic heterocycles. The number of benzene rings is 2. The Kier molecular flexibility index (Phi) is 8.85. The number of fused-ring (bicyclic) bond motifs is 1. The number of piperidine rings is 1. The fourth-order valence-corrected chi connectivity index (χ4v) is 4.50.